The second-order valence-electron chi connectivity index (χ2n) is 7.40. The molecule has 0 saturated carbocycles. The quantitative estimate of drug-likeness (QED) is 0.421. The molecule has 0 aliphatic carbocycles. The molecule has 0 bridgehead atoms. The summed E-state index contributed by atoms with van der Waals surface area (Å²) in [6, 6.07) is 4.13. The van der Waals surface area contributed by atoms with Crippen molar-refractivity contribution in [2.45, 2.75) is 37.6 Å². The lowest BCUT2D eigenvalue weighted by Gasteiger charge is -2.42. The molecule has 12 nitrogen and oxygen atoms in total. The van der Waals surface area contributed by atoms with Crippen molar-refractivity contribution in [1.29, 1.82) is 0 Å². The predicted octanol–water partition coefficient (Wildman–Crippen LogP) is -0.824. The highest BCUT2D eigenvalue weighted by molar-refractivity contribution is 5.82. The van der Waals surface area contributed by atoms with Gasteiger partial charge in [0.25, 0.3) is 0 Å². The molecule has 2 aromatic rings. The highest BCUT2D eigenvalue weighted by Crippen LogP contribution is 2.35. The van der Waals surface area contributed by atoms with E-state index in [0.29, 0.717) is 5.39 Å². The summed E-state index contributed by atoms with van der Waals surface area (Å²) in [4.78, 5) is 36.5. The summed E-state index contributed by atoms with van der Waals surface area (Å²) >= 11 is 0. The highest BCUT2D eigenvalue weighted by Gasteiger charge is 2.46. The van der Waals surface area contributed by atoms with E-state index in [4.69, 9.17) is 18.6 Å². The van der Waals surface area contributed by atoms with E-state index in [2.05, 4.69) is 5.32 Å². The van der Waals surface area contributed by atoms with Gasteiger partial charge in [-0.25, -0.2) is 9.59 Å². The molecule has 0 unspecified atom stereocenters. The van der Waals surface area contributed by atoms with E-state index in [1.807, 2.05) is 0 Å². The van der Waals surface area contributed by atoms with Gasteiger partial charge in [0.2, 0.25) is 12.2 Å². The summed E-state index contributed by atoms with van der Waals surface area (Å²) in [5.74, 6) is -0.695. The number of hydrogen-bond acceptors (Lipinski definition) is 10. The number of aliphatic hydroxyl groups is 3. The van der Waals surface area contributed by atoms with Crippen LogP contribution in [0.2, 0.25) is 0 Å². The van der Waals surface area contributed by atoms with Crippen LogP contribution in [0.4, 0.5) is 4.79 Å². The third kappa shape index (κ3) is 4.99. The van der Waals surface area contributed by atoms with Crippen molar-refractivity contribution >= 4 is 23.0 Å². The van der Waals surface area contributed by atoms with Crippen molar-refractivity contribution in [3.63, 3.8) is 0 Å². The molecular formula is C20H24N2O10. The maximum Gasteiger partial charge on any atom is 0.414 e. The molecule has 174 valence electrons. The largest absolute Gasteiger partial charge is 0.459 e. The number of nitrogens with one attached hydrogen (secondary N) is 1. The first kappa shape index (κ1) is 23.5. The molecule has 3 rings (SSSR count). The Kier molecular flexibility index (Phi) is 6.99. The Balaban J connectivity index is 2.03. The number of aliphatic hydroxyl groups excluding tert-OH is 3. The number of amides is 2. The molecule has 1 aromatic carbocycles. The Bertz CT molecular complexity index is 1050. The lowest BCUT2D eigenvalue weighted by atomic mass is 9.97. The minimum atomic E-state index is -1.53. The van der Waals surface area contributed by atoms with Crippen molar-refractivity contribution in [1.82, 2.24) is 10.2 Å². The first-order valence-corrected chi connectivity index (χ1v) is 9.64. The molecule has 1 aliphatic rings. The van der Waals surface area contributed by atoms with Crippen molar-refractivity contribution in [3.05, 3.63) is 34.7 Å². The second-order valence-corrected chi connectivity index (χ2v) is 7.40. The highest BCUT2D eigenvalue weighted by atomic mass is 16.7. The fourth-order valence-electron chi connectivity index (χ4n) is 3.13. The second kappa shape index (κ2) is 9.53. The Labute approximate surface area is 181 Å². The number of carbonyl (C=O) groups excluding carboxylic acids is 2. The fraction of sp³-hybridized carbons (Fsp3) is 0.450. The lowest BCUT2D eigenvalue weighted by molar-refractivity contribution is -0.244. The molecule has 2 heterocycles. The number of hydrogen-bond donors (Lipinski definition) is 4. The van der Waals surface area contributed by atoms with Crippen molar-refractivity contribution in [3.8, 4) is 11.5 Å². The number of rotatable bonds is 5. The molecule has 1 aliphatic heterocycles. The molecular weight excluding hydrogens is 428 g/mol. The van der Waals surface area contributed by atoms with Gasteiger partial charge in [-0.05, 0) is 12.1 Å². The topological polar surface area (TPSA) is 168 Å². The van der Waals surface area contributed by atoms with Crippen LogP contribution in [-0.4, -0.2) is 83.6 Å². The monoisotopic (exact) mass is 452 g/mol. The van der Waals surface area contributed by atoms with Crippen LogP contribution in [0.15, 0.2) is 33.5 Å². The summed E-state index contributed by atoms with van der Waals surface area (Å²) in [6.45, 7) is 0.576. The molecule has 1 fully saturated rings. The number of carbonyl (C=O) groups is 2. The number of nitrogens with zero attached hydrogens (tertiary/aromatic N) is 1. The summed E-state index contributed by atoms with van der Waals surface area (Å²) in [5, 5.41) is 32.9. The Morgan fingerprint density at radius 1 is 1.16 bits per heavy atom. The van der Waals surface area contributed by atoms with E-state index < -0.39 is 54.9 Å². The summed E-state index contributed by atoms with van der Waals surface area (Å²) in [6.07, 6.45) is -6.35. The van der Waals surface area contributed by atoms with Gasteiger partial charge in [-0.3, -0.25) is 4.79 Å². The van der Waals surface area contributed by atoms with Crippen LogP contribution in [0.3, 0.4) is 0 Å². The zero-order valence-electron chi connectivity index (χ0n) is 17.5. The summed E-state index contributed by atoms with van der Waals surface area (Å²) in [7, 11) is 2.93. The number of benzene rings is 1. The maximum absolute atomic E-state index is 12.1. The molecule has 32 heavy (non-hydrogen) atoms. The van der Waals surface area contributed by atoms with E-state index >= 15 is 0 Å². The van der Waals surface area contributed by atoms with Crippen LogP contribution in [0.1, 0.15) is 6.92 Å². The van der Waals surface area contributed by atoms with E-state index in [1.165, 1.54) is 45.3 Å². The van der Waals surface area contributed by atoms with Crippen LogP contribution in [0, 0.1) is 0 Å². The van der Waals surface area contributed by atoms with Gasteiger partial charge in [-0.15, -0.1) is 0 Å². The number of fused-ring (bicyclic) bond motifs is 1. The molecule has 12 heteroatoms. The van der Waals surface area contributed by atoms with Crippen LogP contribution in [0.25, 0.3) is 11.0 Å². The molecule has 1 saturated heterocycles. The Morgan fingerprint density at radius 3 is 2.50 bits per heavy atom. The minimum Gasteiger partial charge on any atom is -0.459 e. The van der Waals surface area contributed by atoms with Gasteiger partial charge in [0.1, 0.15) is 29.9 Å². The SMILES string of the molecule is CC(=O)N[C@H]1[C@H](Oc2cc3ccc(=O)oc3cc2OC(=O)N(C)C)O[C@H](CO)[C@@H](O)[C@@H]1O. The van der Waals surface area contributed by atoms with Gasteiger partial charge >= 0.3 is 11.7 Å². The number of ether oxygens (including phenoxy) is 3. The van der Waals surface area contributed by atoms with Crippen molar-refractivity contribution in [2.24, 2.45) is 0 Å². The van der Waals surface area contributed by atoms with Crippen molar-refractivity contribution in [2.75, 3.05) is 20.7 Å². The third-order valence-corrected chi connectivity index (χ3v) is 4.74. The first-order chi connectivity index (χ1) is 15.1. The van der Waals surface area contributed by atoms with E-state index in [9.17, 15) is 29.7 Å². The lowest BCUT2D eigenvalue weighted by Crippen LogP contribution is -2.65. The average molecular weight is 452 g/mol. The van der Waals surface area contributed by atoms with E-state index in [0.717, 1.165) is 4.90 Å². The standard InChI is InChI=1S/C20H24N2O10/c1-9(24)21-16-18(27)17(26)14(8-23)31-19(16)30-12-6-10-4-5-15(25)29-11(10)7-13(12)32-20(28)22(2)3/h4-7,14,16-19,23,26-27H,8H2,1-3H3,(H,21,24)/t14-,16-,17-,18-,19-/m1/s1. The summed E-state index contributed by atoms with van der Waals surface area (Å²) in [5.41, 5.74) is -0.488. The molecule has 2 amide bonds. The van der Waals surface area contributed by atoms with Crippen LogP contribution >= 0.6 is 0 Å². The average Bonchev–Trinajstić information content (AvgIpc) is 2.73. The van der Waals surface area contributed by atoms with Gasteiger partial charge in [0.15, 0.2) is 11.5 Å². The minimum absolute atomic E-state index is 0.0396. The van der Waals surface area contributed by atoms with E-state index in [1.54, 1.807) is 0 Å². The van der Waals surface area contributed by atoms with Crippen LogP contribution < -0.4 is 20.4 Å². The van der Waals surface area contributed by atoms with Crippen molar-refractivity contribution < 1.29 is 43.5 Å². The third-order valence-electron chi connectivity index (χ3n) is 4.74. The normalized spacial score (nSPS) is 25.2. The first-order valence-electron chi connectivity index (χ1n) is 9.64. The maximum atomic E-state index is 12.1. The molecule has 4 N–H and O–H groups in total. The Morgan fingerprint density at radius 2 is 1.88 bits per heavy atom. The van der Waals surface area contributed by atoms with Gasteiger partial charge < -0.3 is 44.2 Å². The molecule has 0 spiro atoms. The molecule has 5 atom stereocenters. The Hall–Kier alpha value is -3.19. The smallest absolute Gasteiger partial charge is 0.414 e. The van der Waals surface area contributed by atoms with Gasteiger partial charge in [0, 0.05) is 38.5 Å². The van der Waals surface area contributed by atoms with Gasteiger partial charge in [-0.1, -0.05) is 0 Å². The van der Waals surface area contributed by atoms with Gasteiger partial charge in [0.05, 0.1) is 6.61 Å². The summed E-state index contributed by atoms with van der Waals surface area (Å²) < 4.78 is 21.8. The zero-order chi connectivity index (χ0) is 23.6. The van der Waals surface area contributed by atoms with E-state index in [-0.39, 0.29) is 17.1 Å². The van der Waals surface area contributed by atoms with Gasteiger partial charge in [-0.2, -0.15) is 0 Å². The molecule has 0 radical (unpaired) electrons. The van der Waals surface area contributed by atoms with Crippen LogP contribution in [0.5, 0.6) is 11.5 Å². The fourth-order valence-corrected chi connectivity index (χ4v) is 3.13. The zero-order valence-corrected chi connectivity index (χ0v) is 17.5. The molecule has 1 aromatic heterocycles. The predicted molar refractivity (Wildman–Crippen MR) is 108 cm³/mol. The van der Waals surface area contributed by atoms with Crippen LogP contribution in [-0.2, 0) is 9.53 Å².